The number of nitrogens with zero attached hydrogens (tertiary/aromatic N) is 1. The zero-order valence-corrected chi connectivity index (χ0v) is 13.2. The molecule has 24 heavy (non-hydrogen) atoms. The molecule has 1 amide bonds. The van der Waals surface area contributed by atoms with E-state index in [1.54, 1.807) is 0 Å². The first-order valence-corrected chi connectivity index (χ1v) is 7.79. The van der Waals surface area contributed by atoms with E-state index in [0.717, 1.165) is 16.7 Å². The minimum absolute atomic E-state index is 0.273. The van der Waals surface area contributed by atoms with Crippen molar-refractivity contribution < 1.29 is 4.79 Å². The topological polar surface area (TPSA) is 31.2 Å². The summed E-state index contributed by atoms with van der Waals surface area (Å²) < 4.78 is 0. The number of para-hydroxylation sites is 1. The molecule has 0 saturated heterocycles. The molecule has 0 heterocycles. The maximum atomic E-state index is 12.1. The fourth-order valence-electron chi connectivity index (χ4n) is 2.42. The van der Waals surface area contributed by atoms with Gasteiger partial charge in [0, 0.05) is 0 Å². The van der Waals surface area contributed by atoms with Crippen LogP contribution in [0.25, 0.3) is 10.9 Å². The van der Waals surface area contributed by atoms with Crippen LogP contribution in [0.4, 0.5) is 5.69 Å². The highest BCUT2D eigenvalue weighted by Gasteiger charge is 2.12. The van der Waals surface area contributed by atoms with Crippen LogP contribution in [0.15, 0.2) is 97.1 Å². The Labute approximate surface area is 142 Å². The van der Waals surface area contributed by atoms with Crippen molar-refractivity contribution in [1.29, 1.82) is 0 Å². The van der Waals surface area contributed by atoms with Crippen molar-refractivity contribution in [3.63, 3.8) is 0 Å². The summed E-state index contributed by atoms with van der Waals surface area (Å²) in [5.41, 5.74) is 3.78. The first kappa shape index (κ1) is 15.6. The van der Waals surface area contributed by atoms with E-state index in [0.29, 0.717) is 5.69 Å². The summed E-state index contributed by atoms with van der Waals surface area (Å²) in [4.78, 5) is 12.1. The van der Waals surface area contributed by atoms with E-state index in [2.05, 4.69) is 5.32 Å². The Hall–Kier alpha value is -3.26. The van der Waals surface area contributed by atoms with Gasteiger partial charge in [-0.2, -0.15) is 0 Å². The van der Waals surface area contributed by atoms with Gasteiger partial charge in [0.15, 0.2) is 5.91 Å². The van der Waals surface area contributed by atoms with Gasteiger partial charge in [0.25, 0.3) is 0 Å². The van der Waals surface area contributed by atoms with Gasteiger partial charge in [-0.1, -0.05) is 66.7 Å². The molecule has 0 bridgehead atoms. The van der Waals surface area contributed by atoms with Gasteiger partial charge < -0.3 is 5.32 Å². The quantitative estimate of drug-likeness (QED) is 0.568. The van der Waals surface area contributed by atoms with Crippen LogP contribution in [-0.2, 0) is 4.79 Å². The highest BCUT2D eigenvalue weighted by molar-refractivity contribution is 6.05. The standard InChI is InChI=1S/C22H17NO/c24-22(23-20-14-8-3-9-15-20)17-16-21(18-10-4-1-5-11-18)19-12-6-2-7-13-19/h1-17H. The molecule has 3 rings (SSSR count). The smallest absolute Gasteiger partial charge is 0.164 e. The van der Waals surface area contributed by atoms with Gasteiger partial charge in [-0.05, 0) is 24.3 Å². The predicted octanol–water partition coefficient (Wildman–Crippen LogP) is 5.55. The van der Waals surface area contributed by atoms with Crippen molar-refractivity contribution >= 4 is 17.2 Å². The van der Waals surface area contributed by atoms with Crippen LogP contribution >= 0.6 is 0 Å². The molecule has 2 nitrogen and oxygen atoms in total. The molecule has 2 heteroatoms. The van der Waals surface area contributed by atoms with Crippen LogP contribution < -0.4 is 0 Å². The third-order valence-electron chi connectivity index (χ3n) is 3.56. The highest BCUT2D eigenvalue weighted by atomic mass is 16.1. The number of rotatable bonds is 5. The lowest BCUT2D eigenvalue weighted by molar-refractivity contribution is -0.111. The molecule has 0 aliphatic heterocycles. The molecule has 0 aliphatic carbocycles. The van der Waals surface area contributed by atoms with E-state index >= 15 is 0 Å². The molecule has 116 valence electrons. The van der Waals surface area contributed by atoms with Crippen LogP contribution in [-0.4, -0.2) is 5.91 Å². The molecule has 0 atom stereocenters. The molecule has 0 N–H and O–H groups in total. The Morgan fingerprint density at radius 3 is 1.67 bits per heavy atom. The molecule has 0 aliphatic rings. The number of amides is 1. The van der Waals surface area contributed by atoms with E-state index in [-0.39, 0.29) is 5.91 Å². The lowest BCUT2D eigenvalue weighted by Gasteiger charge is -2.15. The number of benzene rings is 3. The molecular weight excluding hydrogens is 294 g/mol. The number of carbonyl (C=O) groups excluding carboxylic acids is 1. The van der Waals surface area contributed by atoms with E-state index in [4.69, 9.17) is 0 Å². The fraction of sp³-hybridized carbons (Fsp3) is 0. The zero-order chi connectivity index (χ0) is 16.6. The lowest BCUT2D eigenvalue weighted by atomic mass is 9.97. The largest absolute Gasteiger partial charge is 0.604 e. The van der Waals surface area contributed by atoms with Crippen LogP contribution in [0.2, 0.25) is 0 Å². The van der Waals surface area contributed by atoms with E-state index in [1.165, 1.54) is 6.42 Å². The summed E-state index contributed by atoms with van der Waals surface area (Å²) in [6.07, 6.45) is 3.35. The number of carbonyl (C=O) groups is 1. The third-order valence-corrected chi connectivity index (χ3v) is 3.56. The van der Waals surface area contributed by atoms with Crippen LogP contribution in [0, 0.1) is 6.42 Å². The second-order valence-electron chi connectivity index (χ2n) is 5.26. The second kappa shape index (κ2) is 7.84. The molecule has 0 saturated carbocycles. The Morgan fingerprint density at radius 1 is 0.708 bits per heavy atom. The minimum atomic E-state index is -0.273. The van der Waals surface area contributed by atoms with Crippen molar-refractivity contribution in [2.75, 3.05) is 0 Å². The molecule has 0 aromatic heterocycles. The first-order chi connectivity index (χ1) is 11.8. The average Bonchev–Trinajstić information content (AvgIpc) is 2.64. The van der Waals surface area contributed by atoms with Gasteiger partial charge in [-0.15, -0.1) is 5.69 Å². The van der Waals surface area contributed by atoms with Gasteiger partial charge >= 0.3 is 0 Å². The van der Waals surface area contributed by atoms with Gasteiger partial charge in [-0.25, -0.2) is 0 Å². The van der Waals surface area contributed by atoms with Crippen LogP contribution in [0.1, 0.15) is 11.1 Å². The fourth-order valence-corrected chi connectivity index (χ4v) is 2.42. The lowest BCUT2D eigenvalue weighted by Crippen LogP contribution is -1.95. The first-order valence-electron chi connectivity index (χ1n) is 7.79. The van der Waals surface area contributed by atoms with Gasteiger partial charge in [-0.3, -0.25) is 4.79 Å². The van der Waals surface area contributed by atoms with E-state index in [9.17, 15) is 4.79 Å². The second-order valence-corrected chi connectivity index (χ2v) is 5.26. The Morgan fingerprint density at radius 2 is 1.17 bits per heavy atom. The summed E-state index contributed by atoms with van der Waals surface area (Å²) in [6, 6.07) is 29.3. The molecule has 0 fully saturated rings. The summed E-state index contributed by atoms with van der Waals surface area (Å²) in [7, 11) is 0. The van der Waals surface area contributed by atoms with Gasteiger partial charge in [0.1, 0.15) is 11.6 Å². The zero-order valence-electron chi connectivity index (χ0n) is 13.2. The van der Waals surface area contributed by atoms with Gasteiger partial charge in [0.2, 0.25) is 0 Å². The van der Waals surface area contributed by atoms with Crippen LogP contribution in [0.5, 0.6) is 0 Å². The summed E-state index contributed by atoms with van der Waals surface area (Å²) in [5, 5.41) is 4.08. The van der Waals surface area contributed by atoms with Crippen molar-refractivity contribution in [3.8, 4) is 0 Å². The van der Waals surface area contributed by atoms with Crippen molar-refractivity contribution in [2.45, 2.75) is 0 Å². The number of hydrogen-bond donors (Lipinski definition) is 0. The SMILES string of the molecule is O=C([CH+]C=C(c1ccccc1)c1ccccc1)[N-]c1ccccc1. The Balaban J connectivity index is 1.81. The summed E-state index contributed by atoms with van der Waals surface area (Å²) >= 11 is 0. The van der Waals surface area contributed by atoms with Crippen LogP contribution in [0.3, 0.4) is 0 Å². The molecule has 0 spiro atoms. The van der Waals surface area contributed by atoms with E-state index < -0.39 is 0 Å². The summed E-state index contributed by atoms with van der Waals surface area (Å²) in [5.74, 6) is -0.273. The Bertz CT molecular complexity index is 767. The Kier molecular flexibility index (Phi) is 5.10. The molecule has 3 aromatic rings. The maximum Gasteiger partial charge on any atom is 0.164 e. The molecular formula is C22H17NO. The third kappa shape index (κ3) is 4.14. The van der Waals surface area contributed by atoms with Crippen molar-refractivity contribution in [2.24, 2.45) is 0 Å². The minimum Gasteiger partial charge on any atom is -0.604 e. The molecule has 0 radical (unpaired) electrons. The predicted molar refractivity (Wildman–Crippen MR) is 98.7 cm³/mol. The highest BCUT2D eigenvalue weighted by Crippen LogP contribution is 2.24. The number of hydrogen-bond acceptors (Lipinski definition) is 1. The normalized spacial score (nSPS) is 9.83. The average molecular weight is 311 g/mol. The monoisotopic (exact) mass is 311 g/mol. The summed E-state index contributed by atoms with van der Waals surface area (Å²) in [6.45, 7) is 0. The maximum absolute atomic E-state index is 12.1. The van der Waals surface area contributed by atoms with Gasteiger partial charge in [0.05, 0.1) is 17.5 Å². The van der Waals surface area contributed by atoms with Crippen molar-refractivity contribution in [3.05, 3.63) is 120 Å². The molecule has 3 aromatic carbocycles. The van der Waals surface area contributed by atoms with E-state index in [1.807, 2.05) is 97.1 Å². The molecule has 0 unspecified atom stereocenters. The van der Waals surface area contributed by atoms with Crippen molar-refractivity contribution in [1.82, 2.24) is 0 Å².